The van der Waals surface area contributed by atoms with Gasteiger partial charge >= 0.3 is 6.01 Å². The van der Waals surface area contributed by atoms with Crippen LogP contribution in [0, 0.1) is 0 Å². The van der Waals surface area contributed by atoms with Crippen molar-refractivity contribution in [3.8, 4) is 6.01 Å². The van der Waals surface area contributed by atoms with Gasteiger partial charge in [0.05, 0.1) is 18.8 Å². The Morgan fingerprint density at radius 3 is 2.81 bits per heavy atom. The standard InChI is InChI=1S/C10H13Cl2N3O/c1-16-9-13-5-7(12)8(14-9)15-10(6-11)3-2-4-10/h5H,2-4,6H2,1H3,(H,13,14,15). The maximum atomic E-state index is 6.01. The number of aromatic nitrogens is 2. The summed E-state index contributed by atoms with van der Waals surface area (Å²) in [6.07, 6.45) is 4.79. The number of anilines is 1. The summed E-state index contributed by atoms with van der Waals surface area (Å²) in [4.78, 5) is 8.09. The highest BCUT2D eigenvalue weighted by Gasteiger charge is 2.36. The monoisotopic (exact) mass is 261 g/mol. The minimum absolute atomic E-state index is 0.0649. The van der Waals surface area contributed by atoms with Gasteiger partial charge in [0.2, 0.25) is 0 Å². The minimum atomic E-state index is -0.0649. The van der Waals surface area contributed by atoms with Crippen molar-refractivity contribution in [2.24, 2.45) is 0 Å². The molecule has 0 unspecified atom stereocenters. The molecule has 0 saturated heterocycles. The fourth-order valence-corrected chi connectivity index (χ4v) is 2.16. The van der Waals surface area contributed by atoms with Gasteiger partial charge in [-0.1, -0.05) is 11.6 Å². The van der Waals surface area contributed by atoms with Crippen molar-refractivity contribution in [3.63, 3.8) is 0 Å². The van der Waals surface area contributed by atoms with Gasteiger partial charge in [-0.2, -0.15) is 4.98 Å². The predicted molar refractivity (Wildman–Crippen MR) is 64.5 cm³/mol. The van der Waals surface area contributed by atoms with E-state index in [2.05, 4.69) is 15.3 Å². The molecule has 1 aromatic rings. The first-order chi connectivity index (χ1) is 7.69. The second kappa shape index (κ2) is 4.63. The molecule has 1 N–H and O–H groups in total. The molecular weight excluding hydrogens is 249 g/mol. The summed E-state index contributed by atoms with van der Waals surface area (Å²) in [5.41, 5.74) is -0.0649. The molecule has 0 spiro atoms. The number of nitrogens with zero attached hydrogens (tertiary/aromatic N) is 2. The number of hydrogen-bond acceptors (Lipinski definition) is 4. The number of alkyl halides is 1. The first-order valence-electron chi connectivity index (χ1n) is 5.10. The predicted octanol–water partition coefficient (Wildman–Crippen LogP) is 2.71. The molecule has 0 aromatic carbocycles. The lowest BCUT2D eigenvalue weighted by molar-refractivity contribution is 0.309. The summed E-state index contributed by atoms with van der Waals surface area (Å²) in [7, 11) is 1.52. The van der Waals surface area contributed by atoms with Crippen LogP contribution in [-0.4, -0.2) is 28.5 Å². The Hall–Kier alpha value is -0.740. The average Bonchev–Trinajstić information content (AvgIpc) is 2.26. The lowest BCUT2D eigenvalue weighted by Crippen LogP contribution is -2.47. The quantitative estimate of drug-likeness (QED) is 0.847. The van der Waals surface area contributed by atoms with Gasteiger partial charge in [-0.25, -0.2) is 4.98 Å². The molecule has 4 nitrogen and oxygen atoms in total. The largest absolute Gasteiger partial charge is 0.467 e. The Kier molecular flexibility index (Phi) is 3.40. The maximum Gasteiger partial charge on any atom is 0.318 e. The van der Waals surface area contributed by atoms with Gasteiger partial charge < -0.3 is 10.1 Å². The van der Waals surface area contributed by atoms with E-state index in [1.165, 1.54) is 19.7 Å². The Labute approximate surface area is 104 Å². The van der Waals surface area contributed by atoms with Gasteiger partial charge in [-0.15, -0.1) is 11.6 Å². The van der Waals surface area contributed by atoms with Crippen molar-refractivity contribution in [2.75, 3.05) is 18.3 Å². The van der Waals surface area contributed by atoms with Crippen LogP contribution in [0.1, 0.15) is 19.3 Å². The summed E-state index contributed by atoms with van der Waals surface area (Å²) in [6.45, 7) is 0. The van der Waals surface area contributed by atoms with E-state index in [4.69, 9.17) is 27.9 Å². The van der Waals surface area contributed by atoms with E-state index in [1.807, 2.05) is 0 Å². The zero-order valence-electron chi connectivity index (χ0n) is 8.96. The van der Waals surface area contributed by atoms with E-state index in [0.717, 1.165) is 12.8 Å². The molecule has 0 amide bonds. The van der Waals surface area contributed by atoms with Crippen molar-refractivity contribution in [1.29, 1.82) is 0 Å². The second-order valence-electron chi connectivity index (χ2n) is 3.95. The molecule has 2 rings (SSSR count). The van der Waals surface area contributed by atoms with Gasteiger partial charge in [0, 0.05) is 5.88 Å². The van der Waals surface area contributed by atoms with Gasteiger partial charge in [0.1, 0.15) is 5.02 Å². The molecule has 1 aromatic heterocycles. The Morgan fingerprint density at radius 1 is 1.56 bits per heavy atom. The van der Waals surface area contributed by atoms with E-state index in [1.54, 1.807) is 0 Å². The smallest absolute Gasteiger partial charge is 0.318 e. The molecule has 88 valence electrons. The van der Waals surface area contributed by atoms with Crippen LogP contribution < -0.4 is 10.1 Å². The lowest BCUT2D eigenvalue weighted by Gasteiger charge is -2.41. The van der Waals surface area contributed by atoms with Crippen molar-refractivity contribution in [2.45, 2.75) is 24.8 Å². The maximum absolute atomic E-state index is 6.01. The number of ether oxygens (including phenoxy) is 1. The molecular formula is C10H13Cl2N3O. The Morgan fingerprint density at radius 2 is 2.31 bits per heavy atom. The molecule has 1 saturated carbocycles. The molecule has 1 aliphatic rings. The fraction of sp³-hybridized carbons (Fsp3) is 0.600. The Balaban J connectivity index is 2.19. The summed E-state index contributed by atoms with van der Waals surface area (Å²) in [5, 5.41) is 3.77. The van der Waals surface area contributed by atoms with Crippen LogP contribution in [0.25, 0.3) is 0 Å². The van der Waals surface area contributed by atoms with Crippen molar-refractivity contribution >= 4 is 29.0 Å². The van der Waals surface area contributed by atoms with Crippen molar-refractivity contribution < 1.29 is 4.74 Å². The van der Waals surface area contributed by atoms with Crippen LogP contribution in [-0.2, 0) is 0 Å². The molecule has 0 bridgehead atoms. The van der Waals surface area contributed by atoms with E-state index >= 15 is 0 Å². The first-order valence-corrected chi connectivity index (χ1v) is 6.01. The number of halogens is 2. The summed E-state index contributed by atoms with van der Waals surface area (Å²) in [5.74, 6) is 1.14. The van der Waals surface area contributed by atoms with Crippen LogP contribution in [0.15, 0.2) is 6.20 Å². The molecule has 0 atom stereocenters. The highest BCUT2D eigenvalue weighted by molar-refractivity contribution is 6.32. The van der Waals surface area contributed by atoms with E-state index in [9.17, 15) is 0 Å². The van der Waals surface area contributed by atoms with Crippen LogP contribution in [0.5, 0.6) is 6.01 Å². The van der Waals surface area contributed by atoms with Crippen LogP contribution in [0.2, 0.25) is 5.02 Å². The van der Waals surface area contributed by atoms with Crippen LogP contribution in [0.4, 0.5) is 5.82 Å². The van der Waals surface area contributed by atoms with E-state index < -0.39 is 0 Å². The third-order valence-corrected chi connectivity index (χ3v) is 3.64. The molecule has 16 heavy (non-hydrogen) atoms. The van der Waals surface area contributed by atoms with Crippen LogP contribution >= 0.6 is 23.2 Å². The number of rotatable bonds is 4. The zero-order valence-corrected chi connectivity index (χ0v) is 10.5. The normalized spacial score (nSPS) is 17.7. The topological polar surface area (TPSA) is 47.0 Å². The lowest BCUT2D eigenvalue weighted by atomic mass is 9.78. The zero-order chi connectivity index (χ0) is 11.6. The highest BCUT2D eigenvalue weighted by atomic mass is 35.5. The summed E-state index contributed by atoms with van der Waals surface area (Å²) >= 11 is 12.0. The SMILES string of the molecule is COc1ncc(Cl)c(NC2(CCl)CCC2)n1. The van der Waals surface area contributed by atoms with Gasteiger partial charge in [0.15, 0.2) is 5.82 Å². The molecule has 1 fully saturated rings. The first kappa shape index (κ1) is 11.7. The molecule has 6 heteroatoms. The van der Waals surface area contributed by atoms with Gasteiger partial charge in [0.25, 0.3) is 0 Å². The number of methoxy groups -OCH3 is 1. The van der Waals surface area contributed by atoms with Gasteiger partial charge in [-0.05, 0) is 19.3 Å². The van der Waals surface area contributed by atoms with Gasteiger partial charge in [-0.3, -0.25) is 0 Å². The summed E-state index contributed by atoms with van der Waals surface area (Å²) in [6, 6.07) is 0.302. The van der Waals surface area contributed by atoms with E-state index in [0.29, 0.717) is 22.7 Å². The minimum Gasteiger partial charge on any atom is -0.467 e. The molecule has 1 heterocycles. The number of nitrogens with one attached hydrogen (secondary N) is 1. The average molecular weight is 262 g/mol. The van der Waals surface area contributed by atoms with Crippen LogP contribution in [0.3, 0.4) is 0 Å². The van der Waals surface area contributed by atoms with Crippen molar-refractivity contribution in [3.05, 3.63) is 11.2 Å². The molecule has 0 aliphatic heterocycles. The van der Waals surface area contributed by atoms with E-state index in [-0.39, 0.29) is 5.54 Å². The number of hydrogen-bond donors (Lipinski definition) is 1. The second-order valence-corrected chi connectivity index (χ2v) is 4.62. The fourth-order valence-electron chi connectivity index (χ4n) is 1.68. The highest BCUT2D eigenvalue weighted by Crippen LogP contribution is 2.37. The summed E-state index contributed by atoms with van der Waals surface area (Å²) < 4.78 is 4.96. The third kappa shape index (κ3) is 2.18. The molecule has 1 aliphatic carbocycles. The van der Waals surface area contributed by atoms with Crippen molar-refractivity contribution in [1.82, 2.24) is 9.97 Å². The molecule has 0 radical (unpaired) electrons. The Bertz CT molecular complexity index is 377. The third-order valence-electron chi connectivity index (χ3n) is 2.85.